The molecule has 0 saturated heterocycles. The maximum atomic E-state index is 11.3. The summed E-state index contributed by atoms with van der Waals surface area (Å²) in [5.74, 6) is -0.659. The molecule has 0 aliphatic heterocycles. The molecule has 1 aromatic heterocycles. The van der Waals surface area contributed by atoms with Gasteiger partial charge in [0.05, 0.1) is 16.6 Å². The first-order valence-electron chi connectivity index (χ1n) is 7.72. The van der Waals surface area contributed by atoms with Gasteiger partial charge < -0.3 is 10.2 Å². The molecule has 1 fully saturated rings. The van der Waals surface area contributed by atoms with Crippen LogP contribution in [0.3, 0.4) is 0 Å². The molecule has 3 aromatic rings. The Balaban J connectivity index is 1.73. The summed E-state index contributed by atoms with van der Waals surface area (Å²) < 4.78 is 0. The van der Waals surface area contributed by atoms with Gasteiger partial charge >= 0.3 is 5.97 Å². The highest BCUT2D eigenvalue weighted by atomic mass is 35.5. The molecule has 0 spiro atoms. The molecular formula is C18H15ClN2O3. The summed E-state index contributed by atoms with van der Waals surface area (Å²) in [6.07, 6.45) is 1.44. The van der Waals surface area contributed by atoms with Crippen LogP contribution in [-0.4, -0.2) is 32.5 Å². The van der Waals surface area contributed by atoms with Gasteiger partial charge in [-0.2, -0.15) is 5.10 Å². The number of carbonyl (C=O) groups is 1. The van der Waals surface area contributed by atoms with E-state index >= 15 is 0 Å². The first-order valence-corrected chi connectivity index (χ1v) is 8.10. The summed E-state index contributed by atoms with van der Waals surface area (Å²) in [4.78, 5) is 11.3. The highest BCUT2D eigenvalue weighted by molar-refractivity contribution is 6.34. The first-order chi connectivity index (χ1) is 11.5. The monoisotopic (exact) mass is 342 g/mol. The normalized spacial score (nSPS) is 20.1. The molecule has 1 heterocycles. The van der Waals surface area contributed by atoms with Crippen LogP contribution in [0.15, 0.2) is 36.4 Å². The van der Waals surface area contributed by atoms with Crippen molar-refractivity contribution in [2.75, 3.05) is 0 Å². The molecule has 1 aliphatic rings. The van der Waals surface area contributed by atoms with Gasteiger partial charge in [0, 0.05) is 10.9 Å². The number of rotatable bonds is 3. The van der Waals surface area contributed by atoms with Gasteiger partial charge in [0.2, 0.25) is 0 Å². The largest absolute Gasteiger partial charge is 0.476 e. The third-order valence-electron chi connectivity index (χ3n) is 4.66. The van der Waals surface area contributed by atoms with E-state index in [-0.39, 0.29) is 11.8 Å². The molecule has 3 N–H and O–H groups in total. The van der Waals surface area contributed by atoms with E-state index in [9.17, 15) is 15.0 Å². The van der Waals surface area contributed by atoms with Gasteiger partial charge in [-0.15, -0.1) is 0 Å². The molecule has 1 aliphatic carbocycles. The summed E-state index contributed by atoms with van der Waals surface area (Å²) >= 11 is 6.36. The van der Waals surface area contributed by atoms with Crippen molar-refractivity contribution in [3.8, 4) is 11.1 Å². The van der Waals surface area contributed by atoms with Crippen molar-refractivity contribution < 1.29 is 15.0 Å². The first kappa shape index (κ1) is 15.2. The van der Waals surface area contributed by atoms with Crippen LogP contribution in [0, 0.1) is 0 Å². The van der Waals surface area contributed by atoms with E-state index in [1.54, 1.807) is 12.1 Å². The van der Waals surface area contributed by atoms with E-state index in [1.165, 1.54) is 5.56 Å². The number of benzene rings is 2. The maximum absolute atomic E-state index is 11.3. The Kier molecular flexibility index (Phi) is 3.55. The third kappa shape index (κ3) is 2.46. The Morgan fingerprint density at radius 3 is 2.54 bits per heavy atom. The summed E-state index contributed by atoms with van der Waals surface area (Å²) in [6, 6.07) is 11.5. The Bertz CT molecular complexity index is 927. The van der Waals surface area contributed by atoms with E-state index < -0.39 is 5.97 Å². The second-order valence-corrected chi connectivity index (χ2v) is 6.61. The number of fused-ring (bicyclic) bond motifs is 1. The highest BCUT2D eigenvalue weighted by Crippen LogP contribution is 2.38. The van der Waals surface area contributed by atoms with Crippen LogP contribution < -0.4 is 0 Å². The molecule has 0 bridgehead atoms. The standard InChI is InChI=1S/C18H15ClN2O3/c19-15-8-16-14(17(18(23)24)21-20-16)7-13(15)10-3-1-9(2-4-10)11-5-12(22)6-11/h1-4,7-8,11-12,22H,5-6H2,(H,20,21)(H,23,24)/t11-,12-. The van der Waals surface area contributed by atoms with Gasteiger partial charge in [-0.1, -0.05) is 35.9 Å². The summed E-state index contributed by atoms with van der Waals surface area (Å²) in [7, 11) is 0. The lowest BCUT2D eigenvalue weighted by atomic mass is 9.77. The number of aromatic nitrogens is 2. The van der Waals surface area contributed by atoms with Gasteiger partial charge in [0.1, 0.15) is 0 Å². The summed E-state index contributed by atoms with van der Waals surface area (Å²) in [6.45, 7) is 0. The van der Waals surface area contributed by atoms with Crippen molar-refractivity contribution in [1.82, 2.24) is 10.2 Å². The number of carboxylic acids is 1. The van der Waals surface area contributed by atoms with E-state index in [4.69, 9.17) is 11.6 Å². The number of hydrogen-bond acceptors (Lipinski definition) is 3. The molecule has 0 radical (unpaired) electrons. The lowest BCUT2D eigenvalue weighted by Crippen LogP contribution is -2.26. The molecule has 122 valence electrons. The zero-order valence-corrected chi connectivity index (χ0v) is 13.4. The van der Waals surface area contributed by atoms with Crippen molar-refractivity contribution in [3.63, 3.8) is 0 Å². The van der Waals surface area contributed by atoms with Crippen molar-refractivity contribution in [1.29, 1.82) is 0 Å². The van der Waals surface area contributed by atoms with Crippen molar-refractivity contribution in [3.05, 3.63) is 52.7 Å². The molecule has 2 aromatic carbocycles. The molecule has 24 heavy (non-hydrogen) atoms. The number of aromatic carboxylic acids is 1. The zero-order valence-electron chi connectivity index (χ0n) is 12.7. The number of aliphatic hydroxyl groups is 1. The fourth-order valence-electron chi connectivity index (χ4n) is 3.22. The van der Waals surface area contributed by atoms with Crippen molar-refractivity contribution in [2.24, 2.45) is 0 Å². The highest BCUT2D eigenvalue weighted by Gasteiger charge is 2.28. The fraction of sp³-hybridized carbons (Fsp3) is 0.222. The Morgan fingerprint density at radius 1 is 1.21 bits per heavy atom. The predicted molar refractivity (Wildman–Crippen MR) is 91.5 cm³/mol. The van der Waals surface area contributed by atoms with Crippen LogP contribution in [0.4, 0.5) is 0 Å². The molecule has 6 heteroatoms. The van der Waals surface area contributed by atoms with E-state index in [2.05, 4.69) is 10.2 Å². The fourth-order valence-corrected chi connectivity index (χ4v) is 3.49. The molecule has 5 nitrogen and oxygen atoms in total. The van der Waals surface area contributed by atoms with E-state index in [0.717, 1.165) is 24.0 Å². The second kappa shape index (κ2) is 5.61. The van der Waals surface area contributed by atoms with Crippen LogP contribution >= 0.6 is 11.6 Å². The smallest absolute Gasteiger partial charge is 0.357 e. The minimum Gasteiger partial charge on any atom is -0.476 e. The third-order valence-corrected chi connectivity index (χ3v) is 4.97. The predicted octanol–water partition coefficient (Wildman–Crippen LogP) is 3.82. The number of nitrogens with one attached hydrogen (secondary N) is 1. The molecule has 0 amide bonds. The average Bonchev–Trinajstić information content (AvgIpc) is 2.94. The minimum absolute atomic E-state index is 0.0111. The summed E-state index contributed by atoms with van der Waals surface area (Å²) in [5, 5.41) is 26.2. The number of H-pyrrole nitrogens is 1. The Labute approximate surface area is 142 Å². The number of aromatic amines is 1. The van der Waals surface area contributed by atoms with Gasteiger partial charge in [-0.05, 0) is 42.0 Å². The number of hydrogen-bond donors (Lipinski definition) is 3. The number of carboxylic acid groups (broad SMARTS) is 1. The number of aliphatic hydroxyl groups excluding tert-OH is 1. The van der Waals surface area contributed by atoms with Gasteiger partial charge in [-0.3, -0.25) is 5.10 Å². The van der Waals surface area contributed by atoms with Gasteiger partial charge in [-0.25, -0.2) is 4.79 Å². The van der Waals surface area contributed by atoms with Gasteiger partial charge in [0.25, 0.3) is 0 Å². The number of nitrogens with zero attached hydrogens (tertiary/aromatic N) is 1. The van der Waals surface area contributed by atoms with Crippen LogP contribution in [-0.2, 0) is 0 Å². The number of halogens is 1. The zero-order chi connectivity index (χ0) is 16.8. The van der Waals surface area contributed by atoms with Crippen LogP contribution in [0.25, 0.3) is 22.0 Å². The summed E-state index contributed by atoms with van der Waals surface area (Å²) in [5.41, 5.74) is 3.48. The van der Waals surface area contributed by atoms with E-state index in [1.807, 2.05) is 24.3 Å². The van der Waals surface area contributed by atoms with Gasteiger partial charge in [0.15, 0.2) is 5.69 Å². The quantitative estimate of drug-likeness (QED) is 0.675. The SMILES string of the molecule is O=C(O)c1n[nH]c2cc(Cl)c(-c3ccc([C@H]4C[C@H](O)C4)cc3)cc12. The van der Waals surface area contributed by atoms with Crippen molar-refractivity contribution in [2.45, 2.75) is 24.9 Å². The average molecular weight is 343 g/mol. The Hall–Kier alpha value is -2.37. The molecule has 4 rings (SSSR count). The second-order valence-electron chi connectivity index (χ2n) is 6.20. The molecular weight excluding hydrogens is 328 g/mol. The lowest BCUT2D eigenvalue weighted by molar-refractivity contribution is 0.0692. The van der Waals surface area contributed by atoms with Crippen LogP contribution in [0.2, 0.25) is 5.02 Å². The Morgan fingerprint density at radius 2 is 1.92 bits per heavy atom. The van der Waals surface area contributed by atoms with E-state index in [0.29, 0.717) is 21.8 Å². The van der Waals surface area contributed by atoms with Crippen molar-refractivity contribution >= 4 is 28.5 Å². The molecule has 0 unspecified atom stereocenters. The van der Waals surface area contributed by atoms with Crippen LogP contribution in [0.1, 0.15) is 34.8 Å². The maximum Gasteiger partial charge on any atom is 0.357 e. The molecule has 1 saturated carbocycles. The minimum atomic E-state index is -1.08. The van der Waals surface area contributed by atoms with Crippen LogP contribution in [0.5, 0.6) is 0 Å². The topological polar surface area (TPSA) is 86.2 Å². The molecule has 0 atom stereocenters. The lowest BCUT2D eigenvalue weighted by Gasteiger charge is -2.31.